The normalized spacial score (nSPS) is 25.5. The molecular formula is C12H2BrF9. The summed E-state index contributed by atoms with van der Waals surface area (Å²) in [5, 5.41) is 0. The van der Waals surface area contributed by atoms with Crippen molar-refractivity contribution in [3.63, 3.8) is 0 Å². The van der Waals surface area contributed by atoms with Crippen molar-refractivity contribution in [1.82, 2.24) is 0 Å². The molecule has 0 spiro atoms. The summed E-state index contributed by atoms with van der Waals surface area (Å²) in [7, 11) is 0. The van der Waals surface area contributed by atoms with Crippen molar-refractivity contribution in [2.45, 2.75) is 11.8 Å². The summed E-state index contributed by atoms with van der Waals surface area (Å²) in [4.78, 5) is 0. The molecule has 0 bridgehead atoms. The van der Waals surface area contributed by atoms with Gasteiger partial charge in [0.2, 0.25) is 5.82 Å². The summed E-state index contributed by atoms with van der Waals surface area (Å²) >= 11 is 2.14. The lowest BCUT2D eigenvalue weighted by Crippen LogP contribution is -2.36. The number of alkyl halides is 2. The molecule has 1 aliphatic carbocycles. The molecule has 1 aliphatic rings. The van der Waals surface area contributed by atoms with Crippen molar-refractivity contribution >= 4 is 15.9 Å². The van der Waals surface area contributed by atoms with Gasteiger partial charge in [0.15, 0.2) is 46.8 Å². The van der Waals surface area contributed by atoms with Crippen LogP contribution in [0.15, 0.2) is 22.2 Å². The van der Waals surface area contributed by atoms with Gasteiger partial charge in [-0.2, -0.15) is 0 Å². The first-order valence-electron chi connectivity index (χ1n) is 5.32. The first kappa shape index (κ1) is 16.9. The van der Waals surface area contributed by atoms with E-state index in [1.807, 2.05) is 0 Å². The Hall–Kier alpha value is -1.45. The van der Waals surface area contributed by atoms with Crippen molar-refractivity contribution in [3.05, 3.63) is 56.9 Å². The second-order valence-electron chi connectivity index (χ2n) is 4.23. The summed E-state index contributed by atoms with van der Waals surface area (Å²) in [6.07, 6.45) is -3.80. The van der Waals surface area contributed by atoms with Crippen LogP contribution in [0.3, 0.4) is 0 Å². The number of allylic oxidation sites excluding steroid dienone is 4. The molecule has 2 atom stereocenters. The highest BCUT2D eigenvalue weighted by Crippen LogP contribution is 2.48. The van der Waals surface area contributed by atoms with E-state index in [0.717, 1.165) is 0 Å². The van der Waals surface area contributed by atoms with Crippen LogP contribution < -0.4 is 0 Å². The van der Waals surface area contributed by atoms with Gasteiger partial charge in [-0.15, -0.1) is 0 Å². The van der Waals surface area contributed by atoms with Crippen LogP contribution in [0, 0.1) is 29.1 Å². The summed E-state index contributed by atoms with van der Waals surface area (Å²) in [5.41, 5.74) is -6.39. The molecule has 2 rings (SSSR count). The molecular weight excluding hydrogens is 395 g/mol. The second kappa shape index (κ2) is 5.32. The molecule has 0 N–H and O–H groups in total. The Bertz CT molecular complexity index is 695. The Morgan fingerprint density at radius 3 is 1.68 bits per heavy atom. The maximum Gasteiger partial charge on any atom is 0.200 e. The highest BCUT2D eigenvalue weighted by molar-refractivity contribution is 9.11. The predicted octanol–water partition coefficient (Wildman–Crippen LogP) is 5.33. The maximum atomic E-state index is 14.5. The van der Waals surface area contributed by atoms with Crippen molar-refractivity contribution in [3.8, 4) is 0 Å². The summed E-state index contributed by atoms with van der Waals surface area (Å²) in [5.74, 6) is -17.0. The average molecular weight is 397 g/mol. The maximum absolute atomic E-state index is 14.5. The minimum absolute atomic E-state index is 0.532. The van der Waals surface area contributed by atoms with Crippen LogP contribution in [0.1, 0.15) is 5.56 Å². The van der Waals surface area contributed by atoms with E-state index in [0.29, 0.717) is 0 Å². The van der Waals surface area contributed by atoms with E-state index in [9.17, 15) is 39.5 Å². The predicted molar refractivity (Wildman–Crippen MR) is 60.2 cm³/mol. The Morgan fingerprint density at radius 1 is 0.818 bits per heavy atom. The molecule has 0 heterocycles. The van der Waals surface area contributed by atoms with Gasteiger partial charge in [-0.05, 0) is 22.0 Å². The molecule has 0 aliphatic heterocycles. The van der Waals surface area contributed by atoms with Crippen LogP contribution >= 0.6 is 15.9 Å². The van der Waals surface area contributed by atoms with Gasteiger partial charge in [0.05, 0.1) is 10.0 Å². The van der Waals surface area contributed by atoms with E-state index in [-0.39, 0.29) is 0 Å². The van der Waals surface area contributed by atoms with Gasteiger partial charge in [-0.1, -0.05) is 0 Å². The zero-order valence-electron chi connectivity index (χ0n) is 9.93. The van der Waals surface area contributed by atoms with Crippen LogP contribution in [0.2, 0.25) is 0 Å². The molecule has 1 aromatic rings. The van der Waals surface area contributed by atoms with E-state index < -0.39 is 68.7 Å². The van der Waals surface area contributed by atoms with Crippen molar-refractivity contribution in [2.24, 2.45) is 0 Å². The minimum atomic E-state index is -4.14. The molecule has 0 radical (unpaired) electrons. The van der Waals surface area contributed by atoms with E-state index >= 15 is 0 Å². The summed E-state index contributed by atoms with van der Waals surface area (Å²) in [6.45, 7) is 0. The van der Waals surface area contributed by atoms with Crippen LogP contribution in [-0.2, 0) is 5.67 Å². The van der Waals surface area contributed by atoms with Gasteiger partial charge < -0.3 is 0 Å². The second-order valence-corrected chi connectivity index (χ2v) is 5.08. The Morgan fingerprint density at radius 2 is 1.23 bits per heavy atom. The van der Waals surface area contributed by atoms with Crippen LogP contribution in [-0.4, -0.2) is 6.17 Å². The molecule has 10 heteroatoms. The van der Waals surface area contributed by atoms with Gasteiger partial charge in [-0.25, -0.2) is 39.5 Å². The topological polar surface area (TPSA) is 0 Å². The molecule has 0 aromatic heterocycles. The zero-order valence-corrected chi connectivity index (χ0v) is 11.5. The van der Waals surface area contributed by atoms with Crippen molar-refractivity contribution in [1.29, 1.82) is 0 Å². The fourth-order valence-electron chi connectivity index (χ4n) is 1.87. The van der Waals surface area contributed by atoms with Gasteiger partial charge >= 0.3 is 0 Å². The highest BCUT2D eigenvalue weighted by Gasteiger charge is 2.51. The van der Waals surface area contributed by atoms with E-state index in [1.165, 1.54) is 0 Å². The SMILES string of the molecule is FC1=CC(F)(c2c(F)c(F)c(F)c(F)c2F)C(F)C(Br)=C1F. The van der Waals surface area contributed by atoms with Gasteiger partial charge in [-0.3, -0.25) is 0 Å². The van der Waals surface area contributed by atoms with Gasteiger partial charge in [0, 0.05) is 0 Å². The summed E-state index contributed by atoms with van der Waals surface area (Å²) in [6, 6.07) is 0. The number of hydrogen-bond acceptors (Lipinski definition) is 0. The molecule has 0 fully saturated rings. The molecule has 2 unspecified atom stereocenters. The number of rotatable bonds is 1. The number of benzene rings is 1. The van der Waals surface area contributed by atoms with E-state index in [2.05, 4.69) is 15.9 Å². The van der Waals surface area contributed by atoms with Crippen LogP contribution in [0.5, 0.6) is 0 Å². The monoisotopic (exact) mass is 396 g/mol. The average Bonchev–Trinajstić information content (AvgIpc) is 2.47. The third-order valence-electron chi connectivity index (χ3n) is 2.94. The fraction of sp³-hybridized carbons (Fsp3) is 0.167. The summed E-state index contributed by atoms with van der Waals surface area (Å²) < 4.78 is 119. The standard InChI is InChI=1S/C12H2BrF9/c13-4-5(15)2(14)1-12(22,11(4)21)3-6(16)8(18)10(20)9(19)7(3)17/h1,11H. The lowest BCUT2D eigenvalue weighted by Gasteiger charge is -2.30. The Balaban J connectivity index is 2.83. The first-order chi connectivity index (χ1) is 10.0. The van der Waals surface area contributed by atoms with E-state index in [1.54, 1.807) is 0 Å². The molecule has 1 aromatic carbocycles. The van der Waals surface area contributed by atoms with E-state index in [4.69, 9.17) is 0 Å². The Kier molecular flexibility index (Phi) is 4.09. The van der Waals surface area contributed by atoms with Gasteiger partial charge in [0.1, 0.15) is 0 Å². The first-order valence-corrected chi connectivity index (χ1v) is 6.12. The smallest absolute Gasteiger partial charge is 0.200 e. The molecule has 0 saturated heterocycles. The molecule has 120 valence electrons. The quantitative estimate of drug-likeness (QED) is 0.342. The number of halogens is 10. The molecule has 0 saturated carbocycles. The molecule has 0 nitrogen and oxygen atoms in total. The minimum Gasteiger partial charge on any atom is -0.237 e. The van der Waals surface area contributed by atoms with Crippen LogP contribution in [0.25, 0.3) is 0 Å². The lowest BCUT2D eigenvalue weighted by molar-refractivity contribution is 0.104. The number of hydrogen-bond donors (Lipinski definition) is 0. The Labute approximate surface area is 125 Å². The largest absolute Gasteiger partial charge is 0.237 e. The van der Waals surface area contributed by atoms with Crippen molar-refractivity contribution < 1.29 is 39.5 Å². The van der Waals surface area contributed by atoms with Crippen LogP contribution in [0.4, 0.5) is 39.5 Å². The highest BCUT2D eigenvalue weighted by atomic mass is 79.9. The molecule has 22 heavy (non-hydrogen) atoms. The third-order valence-corrected chi connectivity index (χ3v) is 3.69. The molecule has 0 amide bonds. The zero-order chi connectivity index (χ0) is 17.0. The lowest BCUT2D eigenvalue weighted by atomic mass is 9.86. The third kappa shape index (κ3) is 2.15. The van der Waals surface area contributed by atoms with Gasteiger partial charge in [0.25, 0.3) is 0 Å². The van der Waals surface area contributed by atoms with Crippen molar-refractivity contribution in [2.75, 3.05) is 0 Å². The fourth-order valence-corrected chi connectivity index (χ4v) is 2.39.